The van der Waals surface area contributed by atoms with Gasteiger partial charge >= 0.3 is 0 Å². The van der Waals surface area contributed by atoms with Crippen molar-refractivity contribution in [2.75, 3.05) is 18.0 Å². The molecule has 0 bridgehead atoms. The summed E-state index contributed by atoms with van der Waals surface area (Å²) in [5, 5.41) is 5.65. The summed E-state index contributed by atoms with van der Waals surface area (Å²) in [5.74, 6) is 3.55. The van der Waals surface area contributed by atoms with Gasteiger partial charge in [0.25, 0.3) is 0 Å². The van der Waals surface area contributed by atoms with Gasteiger partial charge in [-0.05, 0) is 35.9 Å². The Morgan fingerprint density at radius 3 is 2.76 bits per heavy atom. The van der Waals surface area contributed by atoms with Crippen LogP contribution in [0, 0.1) is 5.92 Å². The Balaban J connectivity index is 1.98. The molecule has 0 saturated carbocycles. The largest absolute Gasteiger partial charge is 0.454 e. The Hall–Kier alpha value is -1.68. The van der Waals surface area contributed by atoms with E-state index in [0.717, 1.165) is 34.5 Å². The van der Waals surface area contributed by atoms with Crippen LogP contribution in [0.15, 0.2) is 24.4 Å². The Labute approximate surface area is 129 Å². The molecule has 0 spiro atoms. The van der Waals surface area contributed by atoms with Gasteiger partial charge in [0.1, 0.15) is 5.82 Å². The van der Waals surface area contributed by atoms with Crippen LogP contribution in [0.4, 0.5) is 5.82 Å². The summed E-state index contributed by atoms with van der Waals surface area (Å²) in [7, 11) is 0. The summed E-state index contributed by atoms with van der Waals surface area (Å²) in [4.78, 5) is 4.49. The van der Waals surface area contributed by atoms with E-state index in [9.17, 15) is 0 Å². The Morgan fingerprint density at radius 1 is 1.29 bits per heavy atom. The lowest BCUT2D eigenvalue weighted by Crippen LogP contribution is -2.26. The topological polar surface area (TPSA) is 43.4 Å². The van der Waals surface area contributed by atoms with Gasteiger partial charge in [0.15, 0.2) is 11.5 Å². The predicted molar refractivity (Wildman–Crippen MR) is 85.5 cm³/mol. The van der Waals surface area contributed by atoms with E-state index in [2.05, 4.69) is 24.1 Å². The average Bonchev–Trinajstić information content (AvgIpc) is 2.92. The number of ether oxygens (including phenoxy) is 2. The fraction of sp³-hybridized carbons (Fsp3) is 0.438. The zero-order valence-corrected chi connectivity index (χ0v) is 13.0. The first-order chi connectivity index (χ1) is 10.2. The highest BCUT2D eigenvalue weighted by Crippen LogP contribution is 2.38. The molecule has 0 saturated heterocycles. The van der Waals surface area contributed by atoms with Gasteiger partial charge in [0.05, 0.1) is 0 Å². The van der Waals surface area contributed by atoms with Gasteiger partial charge in [-0.2, -0.15) is 0 Å². The Kier molecular flexibility index (Phi) is 4.06. The van der Waals surface area contributed by atoms with Gasteiger partial charge in [-0.15, -0.1) is 11.6 Å². The maximum atomic E-state index is 5.90. The van der Waals surface area contributed by atoms with Gasteiger partial charge in [0, 0.05) is 23.5 Å². The molecule has 0 amide bonds. The van der Waals surface area contributed by atoms with Crippen molar-refractivity contribution in [1.82, 2.24) is 4.98 Å². The van der Waals surface area contributed by atoms with Crippen LogP contribution >= 0.6 is 11.6 Å². The van der Waals surface area contributed by atoms with Gasteiger partial charge in [-0.25, -0.2) is 4.98 Å². The summed E-state index contributed by atoms with van der Waals surface area (Å²) in [6.07, 6.45) is 2.72. The normalized spacial score (nSPS) is 14.7. The van der Waals surface area contributed by atoms with Crippen molar-refractivity contribution < 1.29 is 9.47 Å². The van der Waals surface area contributed by atoms with Gasteiger partial charge < -0.3 is 14.8 Å². The predicted octanol–water partition coefficient (Wildman–Crippen LogP) is 4.03. The number of aromatic nitrogens is 1. The molecule has 1 N–H and O–H groups in total. The number of anilines is 1. The molecule has 1 atom stereocenters. The fourth-order valence-electron chi connectivity index (χ4n) is 2.54. The molecular weight excluding hydrogens is 288 g/mol. The standard InChI is InChI=1S/C16H19ClN2O2/c1-10(2)13(3-5-17)19-16-12-8-15-14(20-9-21-15)7-11(12)4-6-18-16/h4,6-8,10,13H,3,5,9H2,1-2H3,(H,18,19). The Bertz CT molecular complexity index is 645. The number of nitrogens with zero attached hydrogens (tertiary/aromatic N) is 1. The summed E-state index contributed by atoms with van der Waals surface area (Å²) < 4.78 is 10.9. The second kappa shape index (κ2) is 5.98. The quantitative estimate of drug-likeness (QED) is 0.847. The van der Waals surface area contributed by atoms with Crippen LogP contribution in [0.25, 0.3) is 10.8 Å². The van der Waals surface area contributed by atoms with Crippen LogP contribution < -0.4 is 14.8 Å². The maximum Gasteiger partial charge on any atom is 0.231 e. The van der Waals surface area contributed by atoms with Crippen molar-refractivity contribution in [3.63, 3.8) is 0 Å². The minimum atomic E-state index is 0.280. The third kappa shape index (κ3) is 2.86. The van der Waals surface area contributed by atoms with Crippen molar-refractivity contribution in [1.29, 1.82) is 0 Å². The average molecular weight is 307 g/mol. The molecule has 0 fully saturated rings. The van der Waals surface area contributed by atoms with Crippen molar-refractivity contribution in [2.45, 2.75) is 26.3 Å². The monoisotopic (exact) mass is 306 g/mol. The van der Waals surface area contributed by atoms with E-state index in [-0.39, 0.29) is 6.79 Å². The lowest BCUT2D eigenvalue weighted by Gasteiger charge is -2.23. The van der Waals surface area contributed by atoms with E-state index in [0.29, 0.717) is 17.8 Å². The highest BCUT2D eigenvalue weighted by Gasteiger charge is 2.18. The first kappa shape index (κ1) is 14.3. The zero-order valence-electron chi connectivity index (χ0n) is 12.2. The number of rotatable bonds is 5. The second-order valence-electron chi connectivity index (χ2n) is 5.56. The molecule has 3 rings (SSSR count). The van der Waals surface area contributed by atoms with Gasteiger partial charge in [-0.1, -0.05) is 13.8 Å². The van der Waals surface area contributed by atoms with Gasteiger partial charge in [-0.3, -0.25) is 0 Å². The zero-order chi connectivity index (χ0) is 14.8. The van der Waals surface area contributed by atoms with E-state index >= 15 is 0 Å². The number of nitrogens with one attached hydrogen (secondary N) is 1. The summed E-state index contributed by atoms with van der Waals surface area (Å²) >= 11 is 5.90. The number of hydrogen-bond donors (Lipinski definition) is 1. The van der Waals surface area contributed by atoms with Crippen molar-refractivity contribution >= 4 is 28.2 Å². The number of hydrogen-bond acceptors (Lipinski definition) is 4. The molecule has 1 aromatic heterocycles. The maximum absolute atomic E-state index is 5.90. The van der Waals surface area contributed by atoms with Crippen LogP contribution in [0.2, 0.25) is 0 Å². The fourth-order valence-corrected chi connectivity index (χ4v) is 2.78. The molecule has 1 aromatic carbocycles. The lowest BCUT2D eigenvalue weighted by atomic mass is 10.0. The first-order valence-corrected chi connectivity index (χ1v) is 7.73. The molecule has 5 heteroatoms. The summed E-state index contributed by atoms with van der Waals surface area (Å²) in [6, 6.07) is 6.27. The molecule has 0 aliphatic carbocycles. The molecule has 21 heavy (non-hydrogen) atoms. The number of fused-ring (bicyclic) bond motifs is 2. The van der Waals surface area contributed by atoms with E-state index in [1.165, 1.54) is 0 Å². The molecule has 2 aromatic rings. The van der Waals surface area contributed by atoms with Crippen LogP contribution in [0.5, 0.6) is 11.5 Å². The smallest absolute Gasteiger partial charge is 0.231 e. The lowest BCUT2D eigenvalue weighted by molar-refractivity contribution is 0.174. The van der Waals surface area contributed by atoms with E-state index in [4.69, 9.17) is 21.1 Å². The number of benzene rings is 1. The first-order valence-electron chi connectivity index (χ1n) is 7.20. The van der Waals surface area contributed by atoms with Crippen molar-refractivity contribution in [3.05, 3.63) is 24.4 Å². The third-order valence-corrected chi connectivity index (χ3v) is 4.02. The van der Waals surface area contributed by atoms with Crippen LogP contribution in [-0.2, 0) is 0 Å². The van der Waals surface area contributed by atoms with E-state index < -0.39 is 0 Å². The van der Waals surface area contributed by atoms with Gasteiger partial charge in [0.2, 0.25) is 6.79 Å². The second-order valence-corrected chi connectivity index (χ2v) is 5.94. The van der Waals surface area contributed by atoms with E-state index in [1.807, 2.05) is 24.4 Å². The highest BCUT2D eigenvalue weighted by atomic mass is 35.5. The van der Waals surface area contributed by atoms with Crippen LogP contribution in [-0.4, -0.2) is 23.7 Å². The third-order valence-electron chi connectivity index (χ3n) is 3.80. The summed E-state index contributed by atoms with van der Waals surface area (Å²) in [6.45, 7) is 4.65. The van der Waals surface area contributed by atoms with Crippen molar-refractivity contribution in [3.8, 4) is 11.5 Å². The van der Waals surface area contributed by atoms with Crippen molar-refractivity contribution in [2.24, 2.45) is 5.92 Å². The number of alkyl halides is 1. The van der Waals surface area contributed by atoms with Crippen LogP contribution in [0.1, 0.15) is 20.3 Å². The minimum absolute atomic E-state index is 0.280. The molecule has 2 heterocycles. The number of halogens is 1. The number of pyridine rings is 1. The molecular formula is C16H19ClN2O2. The molecule has 1 aliphatic heterocycles. The molecule has 1 unspecified atom stereocenters. The molecule has 4 nitrogen and oxygen atoms in total. The highest BCUT2D eigenvalue weighted by molar-refractivity contribution is 6.17. The van der Waals surface area contributed by atoms with Crippen LogP contribution in [0.3, 0.4) is 0 Å². The minimum Gasteiger partial charge on any atom is -0.454 e. The Morgan fingerprint density at radius 2 is 2.05 bits per heavy atom. The summed E-state index contributed by atoms with van der Waals surface area (Å²) in [5.41, 5.74) is 0. The SMILES string of the molecule is CC(C)C(CCCl)Nc1nccc2cc3c(cc12)OCO3. The molecule has 1 aliphatic rings. The van der Waals surface area contributed by atoms with E-state index in [1.54, 1.807) is 0 Å². The molecule has 112 valence electrons. The molecule has 0 radical (unpaired) electrons.